The van der Waals surface area contributed by atoms with Crippen LogP contribution >= 0.6 is 0 Å². The summed E-state index contributed by atoms with van der Waals surface area (Å²) in [5.41, 5.74) is 15.9. The average Bonchev–Trinajstić information content (AvgIpc) is 4.19. The number of nitrogens with two attached hydrogens (primary N) is 1. The predicted octanol–water partition coefficient (Wildman–Crippen LogP) is 6.70. The third-order valence-electron chi connectivity index (χ3n) is 17.8. The van der Waals surface area contributed by atoms with Crippen molar-refractivity contribution in [1.82, 2.24) is 5.32 Å². The lowest BCUT2D eigenvalue weighted by Gasteiger charge is -2.42. The van der Waals surface area contributed by atoms with E-state index < -0.39 is 18.3 Å². The van der Waals surface area contributed by atoms with E-state index in [1.54, 1.807) is 13.0 Å². The van der Waals surface area contributed by atoms with Gasteiger partial charge in [0.15, 0.2) is 17.6 Å². The number of unbranched alkanes of at least 4 members (excludes halogenated alkanes) is 1. The number of nitrogens with one attached hydrogen (secondary N) is 1. The van der Waals surface area contributed by atoms with Crippen LogP contribution in [0.5, 0.6) is 11.5 Å². The summed E-state index contributed by atoms with van der Waals surface area (Å²) in [5, 5.41) is 62.7. The van der Waals surface area contributed by atoms with Crippen molar-refractivity contribution >= 4 is 28.1 Å². The van der Waals surface area contributed by atoms with E-state index in [2.05, 4.69) is 47.8 Å². The Morgan fingerprint density at radius 2 is 1.90 bits per heavy atom. The van der Waals surface area contributed by atoms with Gasteiger partial charge in [0.05, 0.1) is 36.1 Å². The number of hydrogen-bond donors (Lipinski definition) is 7. The fourth-order valence-electron chi connectivity index (χ4n) is 14.2. The first-order chi connectivity index (χ1) is 34.1. The molecule has 11 heteroatoms. The number of aliphatic hydroxyl groups excluding tert-OH is 4. The standard InChI is InChI=1S/C59H74N4O7/c1-33(65)29-61-30-48-41-7-4-6-36(41)14-19-50-46(48)28-52(63-50)54(67)32-69-56-24-35(11-20-53(56)66)9-15-40-25-39(31-64)55(70-40)8-3-2-5-34-10-16-42(49(60)23-34)47-26-37-12-17-44-43-21-22-62-51(43)27-38-13-18-45(59(47)68)58(37)57(38)44/h11,13,18,20-21,24-28,33-34,36,41-42,47-49,54-55,59,61,64-65,67-68,70H,2-10,12,14-17,19,22-23,29-32,60H2,1H3/p+1. The summed E-state index contributed by atoms with van der Waals surface area (Å²) in [7, 11) is 0. The second-order valence-electron chi connectivity index (χ2n) is 22.2. The molecule has 3 fully saturated rings. The average molecular weight is 952 g/mol. The lowest BCUT2D eigenvalue weighted by atomic mass is 9.65. The summed E-state index contributed by atoms with van der Waals surface area (Å²) in [6.45, 7) is 3.89. The molecule has 3 saturated carbocycles. The number of aliphatic hydroxyl groups is 6. The number of aliphatic imine (C=N–C) groups is 1. The number of ether oxygens (including phenoxy) is 2. The zero-order valence-electron chi connectivity index (χ0n) is 41.0. The molecule has 0 saturated heterocycles. The molecule has 0 radical (unpaired) electrons. The smallest absolute Gasteiger partial charge is 0.208 e. The van der Waals surface area contributed by atoms with E-state index >= 15 is 0 Å². The van der Waals surface area contributed by atoms with Crippen LogP contribution in [0.4, 0.5) is 0 Å². The van der Waals surface area contributed by atoms with Crippen LogP contribution in [0.15, 0.2) is 75.9 Å². The lowest BCUT2D eigenvalue weighted by Crippen LogP contribution is -2.42. The number of benzene rings is 3. The first-order valence-corrected chi connectivity index (χ1v) is 26.9. The van der Waals surface area contributed by atoms with Crippen LogP contribution in [-0.2, 0) is 12.8 Å². The van der Waals surface area contributed by atoms with Crippen LogP contribution in [-0.4, -0.2) is 93.2 Å². The van der Waals surface area contributed by atoms with Crippen LogP contribution in [0.2, 0.25) is 0 Å². The minimum atomic E-state index is -0.937. The Morgan fingerprint density at radius 1 is 1.01 bits per heavy atom. The van der Waals surface area contributed by atoms with Gasteiger partial charge in [0.25, 0.3) is 0 Å². The van der Waals surface area contributed by atoms with Gasteiger partial charge in [0.2, 0.25) is 5.70 Å². The zero-order chi connectivity index (χ0) is 48.0. The number of aromatic hydroxyl groups is 1. The van der Waals surface area contributed by atoms with Gasteiger partial charge in [-0.3, -0.25) is 4.99 Å². The van der Waals surface area contributed by atoms with Gasteiger partial charge in [0, 0.05) is 49.7 Å². The molecule has 9 N–H and O–H groups in total. The Labute approximate surface area is 413 Å². The molecule has 3 aromatic rings. The second-order valence-corrected chi connectivity index (χ2v) is 22.2. The van der Waals surface area contributed by atoms with E-state index in [9.17, 15) is 25.5 Å². The Kier molecular flexibility index (Phi) is 14.1. The Morgan fingerprint density at radius 3 is 2.76 bits per heavy atom. The van der Waals surface area contributed by atoms with Crippen molar-refractivity contribution in [3.63, 3.8) is 0 Å². The Hall–Kier alpha value is -4.46. The molecule has 0 spiro atoms. The van der Waals surface area contributed by atoms with Gasteiger partial charge in [-0.15, -0.1) is 16.6 Å². The maximum absolute atomic E-state index is 11.9. The normalized spacial score (nSPS) is 29.5. The van der Waals surface area contributed by atoms with Crippen LogP contribution in [0.3, 0.4) is 0 Å². The molecular weight excluding hydrogens is 877 g/mol. The number of phenols is 1. The van der Waals surface area contributed by atoms with Crippen molar-refractivity contribution in [3.05, 3.63) is 111 Å². The van der Waals surface area contributed by atoms with E-state index in [4.69, 9.17) is 25.2 Å². The van der Waals surface area contributed by atoms with Gasteiger partial charge < -0.3 is 46.1 Å². The molecule has 3 heterocycles. The van der Waals surface area contributed by atoms with Crippen molar-refractivity contribution in [2.75, 3.05) is 32.8 Å². The van der Waals surface area contributed by atoms with Gasteiger partial charge in [-0.2, -0.15) is 0 Å². The van der Waals surface area contributed by atoms with Gasteiger partial charge in [-0.1, -0.05) is 62.5 Å². The van der Waals surface area contributed by atoms with Crippen LogP contribution < -0.4 is 26.4 Å². The molecule has 3 aliphatic heterocycles. The number of aryl methyl sites for hydroxylation is 2. The highest BCUT2D eigenvalue weighted by molar-refractivity contribution is 6.03. The van der Waals surface area contributed by atoms with Crippen molar-refractivity contribution in [2.45, 2.75) is 140 Å². The topological polar surface area (TPSA) is 186 Å². The lowest BCUT2D eigenvalue weighted by molar-refractivity contribution is -0.0553. The predicted molar refractivity (Wildman–Crippen MR) is 275 cm³/mol. The number of fused-ring (bicyclic) bond motifs is 4. The summed E-state index contributed by atoms with van der Waals surface area (Å²) in [6.07, 6.45) is 24.5. The SMILES string of the molecule is CC(O)CNCC1[C+]2C=C(C(O)COc3cc(CC[C-]4C=C(CO)C(CCCCC5CCC(C6C=C7CCc8c9c(cc%10ccc(c7c8%10)C6O)=NCC=9)C(N)C5)[OH+]4)ccc3O)N=C2CCC2CCCC21. The molecule has 11 nitrogen and oxygen atoms in total. The van der Waals surface area contributed by atoms with Crippen molar-refractivity contribution in [2.24, 2.45) is 51.2 Å². The molecule has 372 valence electrons. The molecule has 5 aliphatic carbocycles. The molecule has 11 rings (SSSR count). The van der Waals surface area contributed by atoms with E-state index in [-0.39, 0.29) is 42.9 Å². The monoisotopic (exact) mass is 952 g/mol. The summed E-state index contributed by atoms with van der Waals surface area (Å²) in [4.78, 5) is 9.67. The minimum absolute atomic E-state index is 0.000746. The molecule has 3 aromatic carbocycles. The number of phenolic OH excluding ortho intramolecular Hbond substituents is 1. The number of allylic oxidation sites excluding steroid dienone is 2. The molecular formula is C59H75N4O7+. The molecule has 11 unspecified atom stereocenters. The van der Waals surface area contributed by atoms with E-state index in [0.717, 1.165) is 118 Å². The largest absolute Gasteiger partial charge is 0.504 e. The van der Waals surface area contributed by atoms with Crippen molar-refractivity contribution < 1.29 is 35.0 Å². The molecule has 0 bridgehead atoms. The highest BCUT2D eigenvalue weighted by Crippen LogP contribution is 2.51. The fourth-order valence-corrected chi connectivity index (χ4v) is 14.2. The molecule has 0 amide bonds. The van der Waals surface area contributed by atoms with Crippen LogP contribution in [0.25, 0.3) is 22.4 Å². The van der Waals surface area contributed by atoms with E-state index in [0.29, 0.717) is 54.5 Å². The summed E-state index contributed by atoms with van der Waals surface area (Å²) >= 11 is 0. The molecule has 8 aliphatic rings. The first kappa shape index (κ1) is 47.8. The Balaban J connectivity index is 0.631. The number of rotatable bonds is 18. The third kappa shape index (κ3) is 9.52. The van der Waals surface area contributed by atoms with Crippen LogP contribution in [0.1, 0.15) is 125 Å². The highest BCUT2D eigenvalue weighted by atomic mass is 16.5. The van der Waals surface area contributed by atoms with Gasteiger partial charge in [-0.25, -0.2) is 0 Å². The van der Waals surface area contributed by atoms with Gasteiger partial charge in [0.1, 0.15) is 30.4 Å². The van der Waals surface area contributed by atoms with Gasteiger partial charge in [-0.05, 0) is 145 Å². The van der Waals surface area contributed by atoms with E-state index in [1.165, 1.54) is 57.9 Å². The van der Waals surface area contributed by atoms with Crippen LogP contribution in [0, 0.1) is 47.5 Å². The summed E-state index contributed by atoms with van der Waals surface area (Å²) in [5.74, 6) is 4.07. The summed E-state index contributed by atoms with van der Waals surface area (Å²) < 4.78 is 11.1. The molecule has 0 aromatic heterocycles. The number of nitrogens with zero attached hydrogens (tertiary/aromatic N) is 2. The second kappa shape index (κ2) is 20.6. The number of hydrogen-bond acceptors (Lipinski definition) is 10. The molecule has 11 atom stereocenters. The molecule has 70 heavy (non-hydrogen) atoms. The summed E-state index contributed by atoms with van der Waals surface area (Å²) in [6, 6.07) is 12.1. The van der Waals surface area contributed by atoms with E-state index in [1.807, 2.05) is 12.1 Å². The fraction of sp³-hybridized carbons (Fsp3) is 0.559. The van der Waals surface area contributed by atoms with Crippen molar-refractivity contribution in [1.29, 1.82) is 0 Å². The quantitative estimate of drug-likeness (QED) is 0.0417. The van der Waals surface area contributed by atoms with Gasteiger partial charge >= 0.3 is 0 Å². The Bertz CT molecular complexity index is 2690. The highest BCUT2D eigenvalue weighted by Gasteiger charge is 2.49. The van der Waals surface area contributed by atoms with Crippen molar-refractivity contribution in [3.8, 4) is 11.5 Å². The first-order valence-electron chi connectivity index (χ1n) is 26.9. The minimum Gasteiger partial charge on any atom is -0.504 e. The maximum Gasteiger partial charge on any atom is 0.208 e. The third-order valence-corrected chi connectivity index (χ3v) is 17.8. The maximum atomic E-state index is 11.9. The zero-order valence-corrected chi connectivity index (χ0v) is 41.0.